The van der Waals surface area contributed by atoms with Crippen molar-refractivity contribution in [1.29, 1.82) is 0 Å². The molecule has 1 aromatic carbocycles. The summed E-state index contributed by atoms with van der Waals surface area (Å²) in [6.45, 7) is 0. The lowest BCUT2D eigenvalue weighted by atomic mass is 10.1. The van der Waals surface area contributed by atoms with Crippen LogP contribution in [0.5, 0.6) is 0 Å². The summed E-state index contributed by atoms with van der Waals surface area (Å²) in [6.07, 6.45) is 3.10. The number of aromatic nitrogens is 2. The minimum Gasteiger partial charge on any atom is -0.347 e. The first-order valence-electron chi connectivity index (χ1n) is 6.16. The number of hydrogen-bond donors (Lipinski definition) is 1. The molecule has 2 nitrogen and oxygen atoms in total. The zero-order valence-electron chi connectivity index (χ0n) is 10.1. The molecule has 1 saturated carbocycles. The first-order chi connectivity index (χ1) is 9.11. The van der Waals surface area contributed by atoms with E-state index in [4.69, 9.17) is 35.4 Å². The molecular formula is C14H12Cl2N2S. The Morgan fingerprint density at radius 1 is 1.26 bits per heavy atom. The molecule has 0 saturated heterocycles. The summed E-state index contributed by atoms with van der Waals surface area (Å²) in [6, 6.07) is 7.47. The van der Waals surface area contributed by atoms with E-state index in [1.54, 1.807) is 6.07 Å². The van der Waals surface area contributed by atoms with Crippen molar-refractivity contribution < 1.29 is 0 Å². The highest BCUT2D eigenvalue weighted by Gasteiger charge is 2.24. The van der Waals surface area contributed by atoms with Gasteiger partial charge < -0.3 is 4.98 Å². The molecule has 1 fully saturated rings. The van der Waals surface area contributed by atoms with Crippen molar-refractivity contribution in [3.63, 3.8) is 0 Å². The highest BCUT2D eigenvalue weighted by atomic mass is 35.5. The van der Waals surface area contributed by atoms with Crippen LogP contribution in [-0.4, -0.2) is 9.97 Å². The lowest BCUT2D eigenvalue weighted by molar-refractivity contribution is 0.893. The van der Waals surface area contributed by atoms with Gasteiger partial charge in [0.25, 0.3) is 0 Å². The van der Waals surface area contributed by atoms with Crippen LogP contribution in [0.15, 0.2) is 24.3 Å². The minimum atomic E-state index is 0.629. The SMILES string of the molecule is S=c1cc(C2CC2)[nH]c(Cc2ccc(Cl)cc2Cl)n1. The van der Waals surface area contributed by atoms with Gasteiger partial charge in [0.2, 0.25) is 0 Å². The van der Waals surface area contributed by atoms with E-state index in [9.17, 15) is 0 Å². The van der Waals surface area contributed by atoms with Gasteiger partial charge in [-0.25, -0.2) is 4.98 Å². The fourth-order valence-corrected chi connectivity index (χ4v) is 2.78. The number of hydrogen-bond acceptors (Lipinski definition) is 2. The van der Waals surface area contributed by atoms with E-state index in [1.807, 2.05) is 18.2 Å². The van der Waals surface area contributed by atoms with E-state index in [-0.39, 0.29) is 0 Å². The van der Waals surface area contributed by atoms with E-state index < -0.39 is 0 Å². The van der Waals surface area contributed by atoms with Crippen LogP contribution in [0.3, 0.4) is 0 Å². The lowest BCUT2D eigenvalue weighted by Gasteiger charge is -2.07. The minimum absolute atomic E-state index is 0.629. The molecule has 0 aliphatic heterocycles. The fourth-order valence-electron chi connectivity index (χ4n) is 2.07. The normalized spacial score (nSPS) is 14.6. The molecule has 19 heavy (non-hydrogen) atoms. The van der Waals surface area contributed by atoms with Gasteiger partial charge in [-0.2, -0.15) is 0 Å². The molecule has 1 aromatic heterocycles. The Kier molecular flexibility index (Phi) is 3.61. The van der Waals surface area contributed by atoms with Crippen molar-refractivity contribution >= 4 is 35.4 Å². The summed E-state index contributed by atoms with van der Waals surface area (Å²) < 4.78 is 0.640. The summed E-state index contributed by atoms with van der Waals surface area (Å²) in [5, 5.41) is 1.30. The van der Waals surface area contributed by atoms with Crippen molar-refractivity contribution in [2.24, 2.45) is 0 Å². The van der Waals surface area contributed by atoms with Crippen LogP contribution in [0.1, 0.15) is 35.8 Å². The third kappa shape index (κ3) is 3.16. The molecule has 5 heteroatoms. The fraction of sp³-hybridized carbons (Fsp3) is 0.286. The number of nitrogens with zero attached hydrogens (tertiary/aromatic N) is 1. The Morgan fingerprint density at radius 3 is 2.74 bits per heavy atom. The average Bonchev–Trinajstić information content (AvgIpc) is 3.16. The van der Waals surface area contributed by atoms with Crippen LogP contribution in [-0.2, 0) is 6.42 Å². The Morgan fingerprint density at radius 2 is 2.05 bits per heavy atom. The lowest BCUT2D eigenvalue weighted by Crippen LogP contribution is -2.00. The maximum atomic E-state index is 6.18. The number of halogens is 2. The maximum absolute atomic E-state index is 6.18. The predicted octanol–water partition coefficient (Wildman–Crippen LogP) is 4.91. The third-order valence-electron chi connectivity index (χ3n) is 3.20. The third-order valence-corrected chi connectivity index (χ3v) is 4.00. The van der Waals surface area contributed by atoms with Crippen LogP contribution < -0.4 is 0 Å². The van der Waals surface area contributed by atoms with Crippen LogP contribution >= 0.6 is 35.4 Å². The number of nitrogens with one attached hydrogen (secondary N) is 1. The molecule has 0 radical (unpaired) electrons. The molecule has 3 rings (SSSR count). The molecule has 0 unspecified atom stereocenters. The summed E-state index contributed by atoms with van der Waals surface area (Å²) >= 11 is 17.3. The monoisotopic (exact) mass is 310 g/mol. The second-order valence-corrected chi connectivity index (χ2v) is 6.07. The first-order valence-corrected chi connectivity index (χ1v) is 7.32. The van der Waals surface area contributed by atoms with Crippen LogP contribution in [0, 0.1) is 4.64 Å². The van der Waals surface area contributed by atoms with Gasteiger partial charge in [-0.15, -0.1) is 0 Å². The van der Waals surface area contributed by atoms with Crippen molar-refractivity contribution in [2.45, 2.75) is 25.2 Å². The number of benzene rings is 1. The average molecular weight is 311 g/mol. The Labute approximate surface area is 126 Å². The number of aromatic amines is 1. The standard InChI is InChI=1S/C14H12Cl2N2S/c15-10-4-3-9(11(16)6-10)5-13-17-12(8-1-2-8)7-14(19)18-13/h3-4,6-8H,1-2,5H2,(H,17,18,19). The number of H-pyrrole nitrogens is 1. The van der Waals surface area contributed by atoms with Crippen molar-refractivity contribution in [3.8, 4) is 0 Å². The van der Waals surface area contributed by atoms with E-state index in [0.717, 1.165) is 11.4 Å². The zero-order chi connectivity index (χ0) is 13.4. The Balaban J connectivity index is 1.92. The molecule has 0 atom stereocenters. The van der Waals surface area contributed by atoms with Gasteiger partial charge in [-0.1, -0.05) is 41.5 Å². The molecular weight excluding hydrogens is 299 g/mol. The molecule has 1 aliphatic carbocycles. The van der Waals surface area contributed by atoms with E-state index in [0.29, 0.717) is 27.0 Å². The molecule has 0 bridgehead atoms. The Hall–Kier alpha value is -0.900. The van der Waals surface area contributed by atoms with Crippen LogP contribution in [0.4, 0.5) is 0 Å². The van der Waals surface area contributed by atoms with E-state index in [1.165, 1.54) is 18.5 Å². The maximum Gasteiger partial charge on any atom is 0.130 e. The van der Waals surface area contributed by atoms with Crippen LogP contribution in [0.25, 0.3) is 0 Å². The van der Waals surface area contributed by atoms with Crippen LogP contribution in [0.2, 0.25) is 10.0 Å². The molecule has 0 amide bonds. The largest absolute Gasteiger partial charge is 0.347 e. The van der Waals surface area contributed by atoms with Gasteiger partial charge in [0, 0.05) is 22.2 Å². The van der Waals surface area contributed by atoms with E-state index >= 15 is 0 Å². The zero-order valence-corrected chi connectivity index (χ0v) is 12.4. The summed E-state index contributed by atoms with van der Waals surface area (Å²) in [7, 11) is 0. The Bertz CT molecular complexity index is 677. The second-order valence-electron chi connectivity index (χ2n) is 4.81. The molecule has 1 N–H and O–H groups in total. The van der Waals surface area contributed by atoms with Crippen molar-refractivity contribution in [2.75, 3.05) is 0 Å². The van der Waals surface area contributed by atoms with Gasteiger partial charge in [0.1, 0.15) is 10.5 Å². The molecule has 0 spiro atoms. The smallest absolute Gasteiger partial charge is 0.130 e. The van der Waals surface area contributed by atoms with Gasteiger partial charge in [0.15, 0.2) is 0 Å². The highest BCUT2D eigenvalue weighted by molar-refractivity contribution is 7.71. The molecule has 1 heterocycles. The van der Waals surface area contributed by atoms with E-state index in [2.05, 4.69) is 9.97 Å². The van der Waals surface area contributed by atoms with Crippen molar-refractivity contribution in [1.82, 2.24) is 9.97 Å². The predicted molar refractivity (Wildman–Crippen MR) is 80.7 cm³/mol. The first kappa shape index (κ1) is 13.1. The van der Waals surface area contributed by atoms with Gasteiger partial charge >= 0.3 is 0 Å². The second kappa shape index (κ2) is 5.23. The van der Waals surface area contributed by atoms with Gasteiger partial charge in [0.05, 0.1) is 0 Å². The number of rotatable bonds is 3. The van der Waals surface area contributed by atoms with Gasteiger partial charge in [-0.3, -0.25) is 0 Å². The molecule has 98 valence electrons. The molecule has 1 aliphatic rings. The molecule has 2 aromatic rings. The topological polar surface area (TPSA) is 28.7 Å². The summed E-state index contributed by atoms with van der Waals surface area (Å²) in [5.74, 6) is 1.49. The quantitative estimate of drug-likeness (QED) is 0.816. The highest BCUT2D eigenvalue weighted by Crippen LogP contribution is 2.38. The van der Waals surface area contributed by atoms with Gasteiger partial charge in [-0.05, 0) is 42.5 Å². The van der Waals surface area contributed by atoms with Crippen molar-refractivity contribution in [3.05, 3.63) is 56.0 Å². The summed E-state index contributed by atoms with van der Waals surface area (Å²) in [4.78, 5) is 7.74. The summed E-state index contributed by atoms with van der Waals surface area (Å²) in [5.41, 5.74) is 2.19.